The standard InChI is InChI=1S/C22H31F3N4O4/c1-13-17(26)29-15-12-14(8-9-16(15)32-13)21(27,19(31)33-20(2,3)4)10-6-5-7-11-28-18(30)22(23,24)25/h8-9,12-13H,5-7,10-11,27H2,1-4H3,(H2,26,29)(H,28,30). The second-order valence-corrected chi connectivity index (χ2v) is 9.02. The highest BCUT2D eigenvalue weighted by molar-refractivity contribution is 5.90. The number of alkyl halides is 3. The second-order valence-electron chi connectivity index (χ2n) is 9.02. The number of esters is 1. The number of rotatable bonds is 8. The fourth-order valence-corrected chi connectivity index (χ4v) is 3.20. The number of amidine groups is 1. The van der Waals surface area contributed by atoms with Crippen molar-refractivity contribution in [2.45, 2.75) is 76.8 Å². The lowest BCUT2D eigenvalue weighted by atomic mass is 9.85. The van der Waals surface area contributed by atoms with Crippen molar-refractivity contribution in [1.82, 2.24) is 5.32 Å². The van der Waals surface area contributed by atoms with E-state index in [1.54, 1.807) is 45.9 Å². The van der Waals surface area contributed by atoms with Crippen LogP contribution in [-0.2, 0) is 19.9 Å². The largest absolute Gasteiger partial charge is 0.481 e. The van der Waals surface area contributed by atoms with Gasteiger partial charge in [0.25, 0.3) is 0 Å². The number of halogens is 3. The third kappa shape index (κ3) is 7.08. The molecule has 2 atom stereocenters. The summed E-state index contributed by atoms with van der Waals surface area (Å²) in [5, 5.41) is 1.82. The summed E-state index contributed by atoms with van der Waals surface area (Å²) in [6.45, 7) is 6.80. The van der Waals surface area contributed by atoms with Gasteiger partial charge in [-0.3, -0.25) is 4.79 Å². The highest BCUT2D eigenvalue weighted by atomic mass is 19.4. The molecule has 2 rings (SSSR count). The molecule has 0 saturated heterocycles. The van der Waals surface area contributed by atoms with E-state index in [-0.39, 0.29) is 19.1 Å². The van der Waals surface area contributed by atoms with Crippen LogP contribution in [-0.4, -0.2) is 42.1 Å². The molecule has 1 heterocycles. The molecule has 184 valence electrons. The molecule has 0 aromatic heterocycles. The van der Waals surface area contributed by atoms with Gasteiger partial charge < -0.3 is 26.3 Å². The lowest BCUT2D eigenvalue weighted by Gasteiger charge is -2.32. The first kappa shape index (κ1) is 26.4. The van der Waals surface area contributed by atoms with E-state index in [0.29, 0.717) is 42.1 Å². The van der Waals surface area contributed by atoms with E-state index in [9.17, 15) is 22.8 Å². The molecule has 1 aliphatic rings. The minimum atomic E-state index is -4.91. The number of unbranched alkanes of at least 4 members (excludes halogenated alkanes) is 2. The summed E-state index contributed by atoms with van der Waals surface area (Å²) >= 11 is 0. The Morgan fingerprint density at radius 1 is 1.18 bits per heavy atom. The van der Waals surface area contributed by atoms with Crippen LogP contribution in [0.3, 0.4) is 0 Å². The van der Waals surface area contributed by atoms with Gasteiger partial charge in [-0.05, 0) is 58.2 Å². The number of carbonyl (C=O) groups is 2. The molecular formula is C22H31F3N4O4. The predicted molar refractivity (Wildman–Crippen MR) is 117 cm³/mol. The molecular weight excluding hydrogens is 441 g/mol. The van der Waals surface area contributed by atoms with Crippen molar-refractivity contribution in [2.24, 2.45) is 16.5 Å². The zero-order valence-corrected chi connectivity index (χ0v) is 19.2. The Morgan fingerprint density at radius 3 is 2.45 bits per heavy atom. The Bertz CT molecular complexity index is 912. The maximum atomic E-state index is 13.1. The van der Waals surface area contributed by atoms with Gasteiger partial charge in [0.2, 0.25) is 0 Å². The van der Waals surface area contributed by atoms with Crippen molar-refractivity contribution in [3.05, 3.63) is 23.8 Å². The SMILES string of the molecule is CC1Oc2ccc(C(N)(CCCCCNC(=O)C(F)(F)F)C(=O)OC(C)(C)C)cc2N=C1N. The number of hydrogen-bond donors (Lipinski definition) is 3. The normalized spacial score (nSPS) is 17.8. The van der Waals surface area contributed by atoms with Crippen LogP contribution in [0.25, 0.3) is 0 Å². The van der Waals surface area contributed by atoms with Gasteiger partial charge >= 0.3 is 18.1 Å². The molecule has 1 amide bonds. The Morgan fingerprint density at radius 2 is 1.85 bits per heavy atom. The highest BCUT2D eigenvalue weighted by Crippen LogP contribution is 2.37. The van der Waals surface area contributed by atoms with Crippen LogP contribution in [0.15, 0.2) is 23.2 Å². The molecule has 0 spiro atoms. The summed E-state index contributed by atoms with van der Waals surface area (Å²) in [6, 6.07) is 4.95. The molecule has 0 fully saturated rings. The number of ether oxygens (including phenoxy) is 2. The Labute approximate surface area is 190 Å². The molecule has 1 aromatic carbocycles. The predicted octanol–water partition coefficient (Wildman–Crippen LogP) is 3.19. The van der Waals surface area contributed by atoms with Crippen LogP contribution in [0, 0.1) is 0 Å². The molecule has 0 aliphatic carbocycles. The maximum Gasteiger partial charge on any atom is 0.471 e. The number of amides is 1. The van der Waals surface area contributed by atoms with Gasteiger partial charge in [0.1, 0.15) is 28.4 Å². The summed E-state index contributed by atoms with van der Waals surface area (Å²) in [5.74, 6) is -1.81. The van der Waals surface area contributed by atoms with E-state index >= 15 is 0 Å². The van der Waals surface area contributed by atoms with Crippen LogP contribution < -0.4 is 21.5 Å². The van der Waals surface area contributed by atoms with Crippen molar-refractivity contribution in [2.75, 3.05) is 6.54 Å². The van der Waals surface area contributed by atoms with Crippen LogP contribution >= 0.6 is 0 Å². The number of benzene rings is 1. The van der Waals surface area contributed by atoms with Gasteiger partial charge in [0, 0.05) is 6.54 Å². The molecule has 2 unspecified atom stereocenters. The zero-order valence-electron chi connectivity index (χ0n) is 19.2. The van der Waals surface area contributed by atoms with E-state index in [2.05, 4.69) is 4.99 Å². The van der Waals surface area contributed by atoms with Gasteiger partial charge in [-0.1, -0.05) is 18.9 Å². The number of aliphatic imine (C=N–C) groups is 1. The van der Waals surface area contributed by atoms with Crippen LogP contribution in [0.4, 0.5) is 18.9 Å². The fraction of sp³-hybridized carbons (Fsp3) is 0.591. The third-order valence-electron chi connectivity index (χ3n) is 5.00. The lowest BCUT2D eigenvalue weighted by molar-refractivity contribution is -0.173. The fourth-order valence-electron chi connectivity index (χ4n) is 3.20. The molecule has 1 aliphatic heterocycles. The molecule has 0 saturated carbocycles. The van der Waals surface area contributed by atoms with Gasteiger partial charge in [-0.15, -0.1) is 0 Å². The molecule has 0 radical (unpaired) electrons. The second kappa shape index (κ2) is 9.98. The lowest BCUT2D eigenvalue weighted by Crippen LogP contribution is -2.48. The average molecular weight is 473 g/mol. The monoisotopic (exact) mass is 472 g/mol. The first-order chi connectivity index (χ1) is 15.1. The van der Waals surface area contributed by atoms with Gasteiger partial charge in [-0.25, -0.2) is 9.79 Å². The van der Waals surface area contributed by atoms with E-state index in [1.807, 2.05) is 5.32 Å². The van der Waals surface area contributed by atoms with E-state index in [0.717, 1.165) is 0 Å². The summed E-state index contributed by atoms with van der Waals surface area (Å²) in [6.07, 6.45) is -3.98. The molecule has 8 nitrogen and oxygen atoms in total. The van der Waals surface area contributed by atoms with Crippen LogP contribution in [0.1, 0.15) is 58.9 Å². The zero-order chi connectivity index (χ0) is 25.0. The average Bonchev–Trinajstić information content (AvgIpc) is 2.68. The minimum Gasteiger partial charge on any atom is -0.481 e. The molecule has 33 heavy (non-hydrogen) atoms. The van der Waals surface area contributed by atoms with Crippen molar-refractivity contribution in [3.8, 4) is 5.75 Å². The van der Waals surface area contributed by atoms with Gasteiger partial charge in [-0.2, -0.15) is 13.2 Å². The van der Waals surface area contributed by atoms with Crippen molar-refractivity contribution < 1.29 is 32.2 Å². The summed E-state index contributed by atoms with van der Waals surface area (Å²) in [7, 11) is 0. The van der Waals surface area contributed by atoms with Gasteiger partial charge in [0.05, 0.1) is 0 Å². The first-order valence-corrected chi connectivity index (χ1v) is 10.7. The Hall–Kier alpha value is -2.82. The van der Waals surface area contributed by atoms with Crippen molar-refractivity contribution in [1.29, 1.82) is 0 Å². The number of fused-ring (bicyclic) bond motifs is 1. The Balaban J connectivity index is 2.14. The van der Waals surface area contributed by atoms with Gasteiger partial charge in [0.15, 0.2) is 6.10 Å². The number of nitrogens with two attached hydrogens (primary N) is 2. The van der Waals surface area contributed by atoms with Crippen molar-refractivity contribution in [3.63, 3.8) is 0 Å². The number of nitrogens with zero attached hydrogens (tertiary/aromatic N) is 1. The smallest absolute Gasteiger partial charge is 0.471 e. The first-order valence-electron chi connectivity index (χ1n) is 10.7. The van der Waals surface area contributed by atoms with E-state index in [1.165, 1.54) is 0 Å². The molecule has 0 bridgehead atoms. The number of carbonyl (C=O) groups excluding carboxylic acids is 2. The quantitative estimate of drug-likeness (QED) is 0.394. The number of hydrogen-bond acceptors (Lipinski definition) is 7. The summed E-state index contributed by atoms with van der Waals surface area (Å²) in [4.78, 5) is 28.3. The van der Waals surface area contributed by atoms with E-state index < -0.39 is 29.2 Å². The van der Waals surface area contributed by atoms with E-state index in [4.69, 9.17) is 20.9 Å². The van der Waals surface area contributed by atoms with Crippen LogP contribution in [0.5, 0.6) is 5.75 Å². The minimum absolute atomic E-state index is 0.134. The highest BCUT2D eigenvalue weighted by Gasteiger charge is 2.40. The maximum absolute atomic E-state index is 13.1. The topological polar surface area (TPSA) is 129 Å². The summed E-state index contributed by atoms with van der Waals surface area (Å²) < 4.78 is 48.0. The molecule has 5 N–H and O–H groups in total. The van der Waals surface area contributed by atoms with Crippen LogP contribution in [0.2, 0.25) is 0 Å². The summed E-state index contributed by atoms with van der Waals surface area (Å²) in [5.41, 5.74) is 11.0. The molecule has 1 aromatic rings. The molecule has 11 heteroatoms. The third-order valence-corrected chi connectivity index (χ3v) is 5.00. The van der Waals surface area contributed by atoms with Crippen molar-refractivity contribution >= 4 is 23.4 Å². The Kier molecular flexibility index (Phi) is 8.00. The number of nitrogens with one attached hydrogen (secondary N) is 1.